The van der Waals surface area contributed by atoms with Gasteiger partial charge in [-0.1, -0.05) is 11.6 Å². The Balaban J connectivity index is 1.64. The topological polar surface area (TPSA) is 124 Å². The van der Waals surface area contributed by atoms with Crippen LogP contribution in [0.15, 0.2) is 29.8 Å². The van der Waals surface area contributed by atoms with Gasteiger partial charge in [0.2, 0.25) is 5.82 Å². The van der Waals surface area contributed by atoms with Crippen LogP contribution in [0, 0.1) is 46.8 Å². The number of methoxy groups -OCH3 is 1. The number of phenols is 1. The number of benzene rings is 2. The molecule has 4 aliphatic rings. The molecule has 6 rings (SSSR count). The van der Waals surface area contributed by atoms with E-state index < -0.39 is 104 Å². The molecule has 0 radical (unpaired) electrons. The third-order valence-electron chi connectivity index (χ3n) is 8.74. The van der Waals surface area contributed by atoms with Gasteiger partial charge in [0.15, 0.2) is 33.0 Å². The fraction of sp³-hybridized carbons (Fsp3) is 0.333. The SMILES string of the molecule is COc1ccc(O)c(C2C3=CCC4C(=O)N(O)C(=O)C4C3CC3(Cl)C(=O)N(c4c(F)c(F)c(F)c(F)c4F)C(=O)C23Cl)c1. The molecular formula is C27H17Cl2F5N2O7. The number of imide groups is 2. The van der Waals surface area contributed by atoms with Crippen LogP contribution in [-0.4, -0.2) is 55.9 Å². The van der Waals surface area contributed by atoms with Gasteiger partial charge in [-0.25, -0.2) is 26.9 Å². The van der Waals surface area contributed by atoms with Gasteiger partial charge in [0.1, 0.15) is 17.2 Å². The fourth-order valence-electron chi connectivity index (χ4n) is 6.79. The van der Waals surface area contributed by atoms with Crippen LogP contribution in [0.2, 0.25) is 0 Å². The molecule has 6 atom stereocenters. The molecule has 2 aromatic rings. The van der Waals surface area contributed by atoms with E-state index in [1.54, 1.807) is 0 Å². The number of nitrogens with zero attached hydrogens (tertiary/aromatic N) is 2. The van der Waals surface area contributed by atoms with Gasteiger partial charge < -0.3 is 9.84 Å². The molecule has 9 nitrogen and oxygen atoms in total. The van der Waals surface area contributed by atoms with E-state index in [-0.39, 0.29) is 33.3 Å². The Bertz CT molecular complexity index is 1690. The first-order chi connectivity index (χ1) is 20.1. The van der Waals surface area contributed by atoms with Crippen molar-refractivity contribution in [3.8, 4) is 11.5 Å². The number of fused-ring (bicyclic) bond motifs is 4. The van der Waals surface area contributed by atoms with E-state index in [4.69, 9.17) is 27.9 Å². The lowest BCUT2D eigenvalue weighted by Gasteiger charge is -2.50. The molecule has 2 aromatic carbocycles. The number of allylic oxidation sites excluding steroid dienone is 2. The molecule has 0 bridgehead atoms. The first kappa shape index (κ1) is 29.3. The lowest BCUT2D eigenvalue weighted by Crippen LogP contribution is -2.60. The number of hydroxylamine groups is 2. The largest absolute Gasteiger partial charge is 0.508 e. The number of anilines is 1. The number of ether oxygens (including phenoxy) is 1. The van der Waals surface area contributed by atoms with Crippen LogP contribution in [-0.2, 0) is 19.2 Å². The Labute approximate surface area is 248 Å². The maximum atomic E-state index is 15.0. The molecule has 0 aromatic heterocycles. The number of hydrogen-bond acceptors (Lipinski definition) is 7. The summed E-state index contributed by atoms with van der Waals surface area (Å²) in [6, 6.07) is 3.68. The Kier molecular flexibility index (Phi) is 6.39. The summed E-state index contributed by atoms with van der Waals surface area (Å²) in [5.41, 5.74) is -2.02. The summed E-state index contributed by atoms with van der Waals surface area (Å²) in [7, 11) is 1.26. The summed E-state index contributed by atoms with van der Waals surface area (Å²) in [5, 5.41) is 20.9. The summed E-state index contributed by atoms with van der Waals surface area (Å²) in [5.74, 6) is -23.6. The maximum Gasteiger partial charge on any atom is 0.258 e. The smallest absolute Gasteiger partial charge is 0.258 e. The van der Waals surface area contributed by atoms with E-state index in [0.717, 1.165) is 6.07 Å². The zero-order valence-corrected chi connectivity index (χ0v) is 23.0. The van der Waals surface area contributed by atoms with Crippen LogP contribution >= 0.6 is 23.2 Å². The van der Waals surface area contributed by atoms with Crippen LogP contribution in [0.25, 0.3) is 0 Å². The van der Waals surface area contributed by atoms with E-state index in [1.165, 1.54) is 25.3 Å². The van der Waals surface area contributed by atoms with Gasteiger partial charge in [-0.3, -0.25) is 24.4 Å². The predicted octanol–water partition coefficient (Wildman–Crippen LogP) is 4.05. The highest BCUT2D eigenvalue weighted by atomic mass is 35.5. The quantitative estimate of drug-likeness (QED) is 0.0981. The summed E-state index contributed by atoms with van der Waals surface area (Å²) in [4.78, 5) is 47.8. The highest BCUT2D eigenvalue weighted by molar-refractivity contribution is 6.58. The average Bonchev–Trinajstić information content (AvgIpc) is 3.29. The molecule has 3 fully saturated rings. The van der Waals surface area contributed by atoms with Crippen molar-refractivity contribution in [1.82, 2.24) is 5.06 Å². The van der Waals surface area contributed by atoms with Crippen molar-refractivity contribution in [1.29, 1.82) is 0 Å². The van der Waals surface area contributed by atoms with E-state index in [1.807, 2.05) is 0 Å². The molecule has 4 amide bonds. The van der Waals surface area contributed by atoms with Crippen molar-refractivity contribution in [2.24, 2.45) is 17.8 Å². The molecule has 16 heteroatoms. The first-order valence-electron chi connectivity index (χ1n) is 12.5. The van der Waals surface area contributed by atoms with Gasteiger partial charge in [0, 0.05) is 11.5 Å². The summed E-state index contributed by atoms with van der Waals surface area (Å²) in [6.07, 6.45) is 0.514. The number of rotatable bonds is 3. The molecule has 0 spiro atoms. The molecule has 226 valence electrons. The zero-order valence-electron chi connectivity index (χ0n) is 21.5. The second kappa shape index (κ2) is 9.37. The van der Waals surface area contributed by atoms with Gasteiger partial charge in [0.25, 0.3) is 23.6 Å². The number of halogens is 7. The van der Waals surface area contributed by atoms with Crippen molar-refractivity contribution >= 4 is 52.5 Å². The molecule has 43 heavy (non-hydrogen) atoms. The number of alkyl halides is 2. The second-order valence-electron chi connectivity index (χ2n) is 10.6. The second-order valence-corrected chi connectivity index (χ2v) is 11.8. The van der Waals surface area contributed by atoms with Crippen LogP contribution in [0.1, 0.15) is 24.3 Å². The van der Waals surface area contributed by atoms with Crippen molar-refractivity contribution in [3.05, 3.63) is 64.5 Å². The van der Waals surface area contributed by atoms with Crippen LogP contribution in [0.4, 0.5) is 27.6 Å². The summed E-state index contributed by atoms with van der Waals surface area (Å²) < 4.78 is 77.5. The van der Waals surface area contributed by atoms with E-state index in [2.05, 4.69) is 0 Å². The number of aromatic hydroxyl groups is 1. The average molecular weight is 647 g/mol. The molecule has 2 saturated heterocycles. The Morgan fingerprint density at radius 2 is 1.51 bits per heavy atom. The molecular weight excluding hydrogens is 630 g/mol. The highest BCUT2D eigenvalue weighted by Crippen LogP contribution is 2.66. The third-order valence-corrected chi connectivity index (χ3v) is 10.2. The van der Waals surface area contributed by atoms with Crippen LogP contribution in [0.3, 0.4) is 0 Å². The van der Waals surface area contributed by atoms with Crippen molar-refractivity contribution in [3.63, 3.8) is 0 Å². The van der Waals surface area contributed by atoms with Crippen LogP contribution in [0.5, 0.6) is 11.5 Å². The van der Waals surface area contributed by atoms with Crippen LogP contribution < -0.4 is 9.64 Å². The maximum absolute atomic E-state index is 15.0. The predicted molar refractivity (Wildman–Crippen MR) is 135 cm³/mol. The van der Waals surface area contributed by atoms with Crippen molar-refractivity contribution in [2.75, 3.05) is 12.0 Å². The number of hydrogen-bond donors (Lipinski definition) is 2. The minimum absolute atomic E-state index is 0.0870. The van der Waals surface area contributed by atoms with Gasteiger partial charge in [-0.15, -0.1) is 23.2 Å². The number of phenolic OH excluding ortho intramolecular Hbond substituents is 1. The molecule has 2 aliphatic carbocycles. The lowest BCUT2D eigenvalue weighted by atomic mass is 9.56. The molecule has 1 saturated carbocycles. The molecule has 2 aliphatic heterocycles. The molecule has 2 N–H and O–H groups in total. The summed E-state index contributed by atoms with van der Waals surface area (Å²) >= 11 is 13.8. The monoisotopic (exact) mass is 646 g/mol. The van der Waals surface area contributed by atoms with Gasteiger partial charge in [-0.2, -0.15) is 5.06 Å². The standard InChI is InChI=1S/C27H17Cl2F5N2O7/c1-43-8-2-5-13(37)11(6-8)15-9-3-4-10-14(23(39)36(42)22(10)38)12(9)7-26(28)24(40)35(25(41)27(15,26)29)21-19(33)17(31)16(30)18(32)20(21)34/h2-3,5-6,10,12,14-15,37,42H,4,7H2,1H3. The minimum Gasteiger partial charge on any atom is -0.508 e. The van der Waals surface area contributed by atoms with Gasteiger partial charge in [-0.05, 0) is 37.0 Å². The summed E-state index contributed by atoms with van der Waals surface area (Å²) in [6.45, 7) is 0. The lowest BCUT2D eigenvalue weighted by molar-refractivity contribution is -0.173. The normalized spacial score (nSPS) is 31.7. The number of carbonyl (C=O) groups excluding carboxylic acids is 4. The van der Waals surface area contributed by atoms with Gasteiger partial charge >= 0.3 is 0 Å². The number of amides is 4. The van der Waals surface area contributed by atoms with E-state index >= 15 is 0 Å². The van der Waals surface area contributed by atoms with Gasteiger partial charge in [0.05, 0.1) is 18.9 Å². The van der Waals surface area contributed by atoms with Crippen molar-refractivity contribution < 1.29 is 56.2 Å². The third kappa shape index (κ3) is 3.48. The Morgan fingerprint density at radius 3 is 2.12 bits per heavy atom. The van der Waals surface area contributed by atoms with E-state index in [9.17, 15) is 51.4 Å². The fourth-order valence-corrected chi connectivity index (χ4v) is 7.71. The zero-order chi connectivity index (χ0) is 31.5. The highest BCUT2D eigenvalue weighted by Gasteiger charge is 2.77. The minimum atomic E-state index is -2.80. The van der Waals surface area contributed by atoms with Crippen molar-refractivity contribution in [2.45, 2.75) is 28.5 Å². The molecule has 6 unspecified atom stereocenters. The van der Waals surface area contributed by atoms with E-state index in [0.29, 0.717) is 0 Å². The Hall–Kier alpha value is -3.75. The molecule has 2 heterocycles. The first-order valence-corrected chi connectivity index (χ1v) is 13.3. The number of carbonyl (C=O) groups is 4. The Morgan fingerprint density at radius 1 is 0.907 bits per heavy atom.